The maximum atomic E-state index is 8.97. The van der Waals surface area contributed by atoms with Gasteiger partial charge < -0.3 is 14.4 Å². The largest absolute Gasteiger partial charge is 0.487 e. The van der Waals surface area contributed by atoms with Crippen LogP contribution < -0.4 is 4.74 Å². The van der Waals surface area contributed by atoms with Crippen molar-refractivity contribution in [2.24, 2.45) is 0 Å². The summed E-state index contributed by atoms with van der Waals surface area (Å²) in [7, 11) is 0. The Kier molecular flexibility index (Phi) is 4.81. The molecule has 0 aliphatic carbocycles. The average molecular weight is 351 g/mol. The Bertz CT molecular complexity index is 783. The van der Waals surface area contributed by atoms with Crippen LogP contribution in [0.4, 0.5) is 0 Å². The zero-order valence-corrected chi connectivity index (χ0v) is 13.4. The molecule has 0 unspecified atom stereocenters. The molecule has 0 atom stereocenters. The van der Waals surface area contributed by atoms with E-state index in [0.29, 0.717) is 32.9 Å². The predicted molar refractivity (Wildman–Crippen MR) is 86.5 cm³/mol. The minimum Gasteiger partial charge on any atom is -0.487 e. The fourth-order valence-electron chi connectivity index (χ4n) is 1.95. The summed E-state index contributed by atoms with van der Waals surface area (Å²) in [5.41, 5.74) is 1.90. The molecule has 3 rings (SSSR count). The fourth-order valence-corrected chi connectivity index (χ4v) is 2.46. The maximum Gasteiger partial charge on any atom is 0.162 e. The molecule has 0 saturated heterocycles. The van der Waals surface area contributed by atoms with E-state index in [0.717, 1.165) is 5.56 Å². The highest BCUT2D eigenvalue weighted by Gasteiger charge is 2.09. The number of aliphatic hydroxyl groups is 1. The molecule has 3 aromatic rings. The van der Waals surface area contributed by atoms with E-state index in [4.69, 9.17) is 37.6 Å². The number of hydrogen-bond donors (Lipinski definition) is 1. The van der Waals surface area contributed by atoms with Crippen LogP contribution >= 0.6 is 23.2 Å². The topological polar surface area (TPSA) is 68.4 Å². The SMILES string of the molecule is OCc1cc(-c2ccc(OCc3c(Cl)cccc3Cl)cn2)no1. The lowest BCUT2D eigenvalue weighted by Gasteiger charge is -2.09. The van der Waals surface area contributed by atoms with Crippen LogP contribution in [0.15, 0.2) is 47.1 Å². The first kappa shape index (κ1) is 15.8. The van der Waals surface area contributed by atoms with Crippen LogP contribution in [0.2, 0.25) is 10.0 Å². The molecule has 0 fully saturated rings. The van der Waals surface area contributed by atoms with Gasteiger partial charge in [-0.2, -0.15) is 0 Å². The molecule has 0 bridgehead atoms. The molecule has 0 aliphatic rings. The highest BCUT2D eigenvalue weighted by atomic mass is 35.5. The van der Waals surface area contributed by atoms with Crippen molar-refractivity contribution < 1.29 is 14.4 Å². The summed E-state index contributed by atoms with van der Waals surface area (Å²) in [5.74, 6) is 0.964. The number of ether oxygens (including phenoxy) is 1. The van der Waals surface area contributed by atoms with Gasteiger partial charge in [-0.15, -0.1) is 0 Å². The average Bonchev–Trinajstić information content (AvgIpc) is 3.04. The molecule has 5 nitrogen and oxygen atoms in total. The summed E-state index contributed by atoms with van der Waals surface area (Å²) in [5, 5.41) is 13.9. The summed E-state index contributed by atoms with van der Waals surface area (Å²) >= 11 is 12.2. The molecular weight excluding hydrogens is 339 g/mol. The minimum absolute atomic E-state index is 0.202. The van der Waals surface area contributed by atoms with Crippen LogP contribution in [0.3, 0.4) is 0 Å². The quantitative estimate of drug-likeness (QED) is 0.749. The molecule has 0 spiro atoms. The van der Waals surface area contributed by atoms with Gasteiger partial charge in [0.05, 0.1) is 11.9 Å². The molecule has 1 N–H and O–H groups in total. The van der Waals surface area contributed by atoms with E-state index in [1.165, 1.54) is 0 Å². The number of aromatic nitrogens is 2. The number of pyridine rings is 1. The molecule has 2 aromatic heterocycles. The maximum absolute atomic E-state index is 8.97. The van der Waals surface area contributed by atoms with Gasteiger partial charge in [0.15, 0.2) is 5.76 Å². The van der Waals surface area contributed by atoms with E-state index in [2.05, 4.69) is 10.1 Å². The zero-order chi connectivity index (χ0) is 16.2. The number of hydrogen-bond acceptors (Lipinski definition) is 5. The summed E-state index contributed by atoms with van der Waals surface area (Å²) < 4.78 is 10.6. The van der Waals surface area contributed by atoms with Gasteiger partial charge in [0, 0.05) is 21.7 Å². The summed E-state index contributed by atoms with van der Waals surface area (Å²) in [4.78, 5) is 4.26. The Hall–Kier alpha value is -2.08. The van der Waals surface area contributed by atoms with Crippen molar-refractivity contribution in [3.05, 3.63) is 64.0 Å². The van der Waals surface area contributed by atoms with Gasteiger partial charge >= 0.3 is 0 Å². The third-order valence-corrected chi connectivity index (χ3v) is 3.87. The predicted octanol–water partition coefficient (Wildman–Crippen LogP) is 4.11. The van der Waals surface area contributed by atoms with Gasteiger partial charge in [0.2, 0.25) is 0 Å². The third kappa shape index (κ3) is 3.64. The van der Waals surface area contributed by atoms with Gasteiger partial charge in [-0.3, -0.25) is 4.98 Å². The van der Waals surface area contributed by atoms with Crippen LogP contribution in [0.1, 0.15) is 11.3 Å². The standard InChI is InChI=1S/C16H12Cl2N2O3/c17-13-2-1-3-14(18)12(13)9-22-10-4-5-15(19-7-10)16-6-11(8-21)23-20-16/h1-7,21H,8-9H2. The van der Waals surface area contributed by atoms with Crippen molar-refractivity contribution in [3.63, 3.8) is 0 Å². The van der Waals surface area contributed by atoms with Crippen LogP contribution in [0.5, 0.6) is 5.75 Å². The molecule has 0 aliphatic heterocycles. The van der Waals surface area contributed by atoms with Crippen molar-refractivity contribution in [3.8, 4) is 17.1 Å². The first-order chi connectivity index (χ1) is 11.2. The Labute approximate surface area is 142 Å². The highest BCUT2D eigenvalue weighted by molar-refractivity contribution is 6.35. The van der Waals surface area contributed by atoms with Gasteiger partial charge in [-0.05, 0) is 24.3 Å². The molecular formula is C16H12Cl2N2O3. The van der Waals surface area contributed by atoms with E-state index >= 15 is 0 Å². The van der Waals surface area contributed by atoms with Crippen LogP contribution in [-0.4, -0.2) is 15.2 Å². The zero-order valence-electron chi connectivity index (χ0n) is 11.9. The smallest absolute Gasteiger partial charge is 0.162 e. The molecule has 2 heterocycles. The Morgan fingerprint density at radius 2 is 1.87 bits per heavy atom. The lowest BCUT2D eigenvalue weighted by molar-refractivity contribution is 0.229. The normalized spacial score (nSPS) is 10.7. The monoisotopic (exact) mass is 350 g/mol. The summed E-state index contributed by atoms with van der Waals surface area (Å²) in [6, 6.07) is 10.5. The third-order valence-electron chi connectivity index (χ3n) is 3.16. The molecule has 0 saturated carbocycles. The van der Waals surface area contributed by atoms with Crippen molar-refractivity contribution in [2.75, 3.05) is 0 Å². The van der Waals surface area contributed by atoms with Crippen LogP contribution in [0.25, 0.3) is 11.4 Å². The molecule has 7 heteroatoms. The molecule has 23 heavy (non-hydrogen) atoms. The van der Waals surface area contributed by atoms with E-state index in [9.17, 15) is 0 Å². The van der Waals surface area contributed by atoms with E-state index in [1.807, 2.05) is 0 Å². The van der Waals surface area contributed by atoms with Crippen LogP contribution in [0, 0.1) is 0 Å². The van der Waals surface area contributed by atoms with Gasteiger partial charge in [-0.25, -0.2) is 0 Å². The molecule has 0 amide bonds. The number of halogens is 2. The second kappa shape index (κ2) is 7.00. The van der Waals surface area contributed by atoms with Crippen molar-refractivity contribution in [2.45, 2.75) is 13.2 Å². The lowest BCUT2D eigenvalue weighted by atomic mass is 10.2. The first-order valence-corrected chi connectivity index (χ1v) is 7.51. The second-order valence-electron chi connectivity index (χ2n) is 4.70. The number of aliphatic hydroxyl groups excluding tert-OH is 1. The number of rotatable bonds is 5. The van der Waals surface area contributed by atoms with Crippen molar-refractivity contribution >= 4 is 23.2 Å². The second-order valence-corrected chi connectivity index (χ2v) is 5.52. The van der Waals surface area contributed by atoms with Gasteiger partial charge in [0.1, 0.15) is 24.7 Å². The Balaban J connectivity index is 1.70. The first-order valence-electron chi connectivity index (χ1n) is 6.76. The van der Waals surface area contributed by atoms with Gasteiger partial charge in [0.25, 0.3) is 0 Å². The van der Waals surface area contributed by atoms with Gasteiger partial charge in [-0.1, -0.05) is 34.4 Å². The number of nitrogens with zero attached hydrogens (tertiary/aromatic N) is 2. The summed E-state index contributed by atoms with van der Waals surface area (Å²) in [6.07, 6.45) is 1.58. The molecule has 1 aromatic carbocycles. The number of benzene rings is 1. The van der Waals surface area contributed by atoms with Crippen molar-refractivity contribution in [1.29, 1.82) is 0 Å². The molecule has 118 valence electrons. The van der Waals surface area contributed by atoms with Crippen LogP contribution in [-0.2, 0) is 13.2 Å². The highest BCUT2D eigenvalue weighted by Crippen LogP contribution is 2.26. The van der Waals surface area contributed by atoms with E-state index < -0.39 is 0 Å². The minimum atomic E-state index is -0.202. The van der Waals surface area contributed by atoms with E-state index in [-0.39, 0.29) is 13.2 Å². The Morgan fingerprint density at radius 3 is 2.48 bits per heavy atom. The summed E-state index contributed by atoms with van der Waals surface area (Å²) in [6.45, 7) is 0.0466. The Morgan fingerprint density at radius 1 is 1.09 bits per heavy atom. The van der Waals surface area contributed by atoms with E-state index in [1.54, 1.807) is 42.6 Å². The fraction of sp³-hybridized carbons (Fsp3) is 0.125. The molecule has 0 radical (unpaired) electrons. The lowest BCUT2D eigenvalue weighted by Crippen LogP contribution is -1.98. The van der Waals surface area contributed by atoms with Crippen molar-refractivity contribution in [1.82, 2.24) is 10.1 Å².